The van der Waals surface area contributed by atoms with Gasteiger partial charge < -0.3 is 20.0 Å². The molecular weight excluding hydrogens is 340 g/mol. The molecule has 6 nitrogen and oxygen atoms in total. The van der Waals surface area contributed by atoms with Crippen molar-refractivity contribution in [2.45, 2.75) is 33.2 Å². The average molecular weight is 376 g/mol. The summed E-state index contributed by atoms with van der Waals surface area (Å²) in [5, 5.41) is 2.97. The van der Waals surface area contributed by atoms with Gasteiger partial charge in [-0.2, -0.15) is 0 Å². The third-order valence-electron chi connectivity index (χ3n) is 4.83. The molecule has 0 aromatic heterocycles. The molecule has 1 aromatic rings. The molecule has 27 heavy (non-hydrogen) atoms. The van der Waals surface area contributed by atoms with Crippen molar-refractivity contribution in [3.63, 3.8) is 0 Å². The van der Waals surface area contributed by atoms with Gasteiger partial charge in [0.1, 0.15) is 0 Å². The zero-order valence-corrected chi connectivity index (χ0v) is 17.6. The van der Waals surface area contributed by atoms with E-state index < -0.39 is 0 Å². The van der Waals surface area contributed by atoms with E-state index in [2.05, 4.69) is 24.3 Å². The predicted octanol–water partition coefficient (Wildman–Crippen LogP) is 1.23. The fourth-order valence-electron chi connectivity index (χ4n) is 2.93. The van der Waals surface area contributed by atoms with Crippen LogP contribution >= 0.6 is 0 Å². The SMILES string of the molecule is CC(C)C(=O)Nc1ccc(N(C)C)c(CN(CC[NH+](C)C)C(=O)C2CC2)c1. The number of hydrogen-bond acceptors (Lipinski definition) is 3. The summed E-state index contributed by atoms with van der Waals surface area (Å²) >= 11 is 0. The molecule has 1 aliphatic carbocycles. The van der Waals surface area contributed by atoms with Crippen LogP contribution in [0.5, 0.6) is 0 Å². The first-order valence-electron chi connectivity index (χ1n) is 9.88. The summed E-state index contributed by atoms with van der Waals surface area (Å²) in [6.07, 6.45) is 2.02. The summed E-state index contributed by atoms with van der Waals surface area (Å²) in [5.74, 6) is 0.394. The molecule has 6 heteroatoms. The van der Waals surface area contributed by atoms with Crippen molar-refractivity contribution < 1.29 is 14.5 Å². The smallest absolute Gasteiger partial charge is 0.226 e. The van der Waals surface area contributed by atoms with Crippen LogP contribution in [0.4, 0.5) is 11.4 Å². The van der Waals surface area contributed by atoms with Crippen molar-refractivity contribution in [2.75, 3.05) is 51.5 Å². The number of anilines is 2. The first kappa shape index (κ1) is 21.2. The molecule has 2 amide bonds. The fourth-order valence-corrected chi connectivity index (χ4v) is 2.93. The standard InChI is InChI=1S/C21H34N4O2/c1-15(2)20(26)22-18-9-10-19(24(5)6)17(13-18)14-25(12-11-23(3)4)21(27)16-7-8-16/h9-10,13,15-16H,7-8,11-12,14H2,1-6H3,(H,22,26)/p+1. The third kappa shape index (κ3) is 6.24. The van der Waals surface area contributed by atoms with Crippen molar-refractivity contribution in [2.24, 2.45) is 11.8 Å². The van der Waals surface area contributed by atoms with Gasteiger partial charge in [0.05, 0.1) is 27.2 Å². The van der Waals surface area contributed by atoms with E-state index in [0.717, 1.165) is 42.9 Å². The van der Waals surface area contributed by atoms with Crippen LogP contribution in [0.15, 0.2) is 18.2 Å². The van der Waals surface area contributed by atoms with Gasteiger partial charge >= 0.3 is 0 Å². The quantitative estimate of drug-likeness (QED) is 0.683. The van der Waals surface area contributed by atoms with E-state index in [0.29, 0.717) is 6.54 Å². The summed E-state index contributed by atoms with van der Waals surface area (Å²) in [6.45, 7) is 5.99. The Bertz CT molecular complexity index is 666. The second-order valence-corrected chi connectivity index (χ2v) is 8.37. The molecule has 0 bridgehead atoms. The molecule has 2 N–H and O–H groups in total. The Hall–Kier alpha value is -2.08. The number of carbonyl (C=O) groups is 2. The number of hydrogen-bond donors (Lipinski definition) is 2. The van der Waals surface area contributed by atoms with Crippen LogP contribution in [-0.2, 0) is 16.1 Å². The normalized spacial score (nSPS) is 13.8. The Kier molecular flexibility index (Phi) is 7.25. The fraction of sp³-hybridized carbons (Fsp3) is 0.619. The predicted molar refractivity (Wildman–Crippen MR) is 110 cm³/mol. The van der Waals surface area contributed by atoms with Crippen LogP contribution in [0, 0.1) is 11.8 Å². The first-order chi connectivity index (χ1) is 12.7. The summed E-state index contributed by atoms with van der Waals surface area (Å²) in [7, 11) is 8.21. The second kappa shape index (κ2) is 9.22. The lowest BCUT2D eigenvalue weighted by molar-refractivity contribution is -0.857. The number of amides is 2. The number of likely N-dealkylation sites (N-methyl/N-ethyl adjacent to an activating group) is 1. The Morgan fingerprint density at radius 1 is 1.22 bits per heavy atom. The lowest BCUT2D eigenvalue weighted by Crippen LogP contribution is -3.06. The van der Waals surface area contributed by atoms with Crippen LogP contribution in [0.1, 0.15) is 32.3 Å². The summed E-state index contributed by atoms with van der Waals surface area (Å²) in [5.41, 5.74) is 2.92. The molecule has 1 aromatic carbocycles. The first-order valence-corrected chi connectivity index (χ1v) is 9.88. The molecule has 2 rings (SSSR count). The number of nitrogens with one attached hydrogen (secondary N) is 2. The van der Waals surface area contributed by atoms with Crippen LogP contribution in [0.25, 0.3) is 0 Å². The largest absolute Gasteiger partial charge is 0.377 e. The van der Waals surface area contributed by atoms with E-state index in [1.165, 1.54) is 4.90 Å². The minimum absolute atomic E-state index is 0.000624. The van der Waals surface area contributed by atoms with Crippen molar-refractivity contribution in [1.29, 1.82) is 0 Å². The number of quaternary nitrogens is 1. The minimum atomic E-state index is -0.0713. The van der Waals surface area contributed by atoms with Gasteiger partial charge in [0.2, 0.25) is 11.8 Å². The highest BCUT2D eigenvalue weighted by Crippen LogP contribution is 2.32. The molecule has 0 radical (unpaired) electrons. The maximum atomic E-state index is 12.8. The highest BCUT2D eigenvalue weighted by Gasteiger charge is 2.33. The van der Waals surface area contributed by atoms with Gasteiger partial charge in [-0.1, -0.05) is 13.8 Å². The maximum absolute atomic E-state index is 12.8. The zero-order valence-electron chi connectivity index (χ0n) is 17.6. The molecule has 0 unspecified atom stereocenters. The van der Waals surface area contributed by atoms with Gasteiger partial charge in [-0.3, -0.25) is 9.59 Å². The summed E-state index contributed by atoms with van der Waals surface area (Å²) in [6, 6.07) is 5.95. The zero-order chi connectivity index (χ0) is 20.1. The van der Waals surface area contributed by atoms with E-state index in [-0.39, 0.29) is 23.7 Å². The van der Waals surface area contributed by atoms with Gasteiger partial charge in [-0.05, 0) is 36.6 Å². The van der Waals surface area contributed by atoms with Crippen molar-refractivity contribution in [1.82, 2.24) is 4.90 Å². The van der Waals surface area contributed by atoms with Crippen LogP contribution in [0.3, 0.4) is 0 Å². The Morgan fingerprint density at radius 2 is 1.89 bits per heavy atom. The highest BCUT2D eigenvalue weighted by atomic mass is 16.2. The molecule has 0 aliphatic heterocycles. The molecule has 0 saturated heterocycles. The van der Waals surface area contributed by atoms with Gasteiger partial charge in [-0.15, -0.1) is 0 Å². The van der Waals surface area contributed by atoms with Gasteiger partial charge in [0, 0.05) is 43.9 Å². The molecule has 0 heterocycles. The van der Waals surface area contributed by atoms with E-state index in [9.17, 15) is 9.59 Å². The number of rotatable bonds is 9. The van der Waals surface area contributed by atoms with E-state index in [1.807, 2.05) is 51.0 Å². The Balaban J connectivity index is 2.25. The topological polar surface area (TPSA) is 57.1 Å². The average Bonchev–Trinajstić information content (AvgIpc) is 3.42. The molecule has 1 fully saturated rings. The molecule has 150 valence electrons. The van der Waals surface area contributed by atoms with Crippen LogP contribution in [-0.4, -0.2) is 58.0 Å². The van der Waals surface area contributed by atoms with Gasteiger partial charge in [0.25, 0.3) is 0 Å². The van der Waals surface area contributed by atoms with E-state index in [1.54, 1.807) is 0 Å². The van der Waals surface area contributed by atoms with Crippen molar-refractivity contribution in [3.05, 3.63) is 23.8 Å². The second-order valence-electron chi connectivity index (χ2n) is 8.37. The molecule has 0 atom stereocenters. The van der Waals surface area contributed by atoms with Crippen molar-refractivity contribution in [3.8, 4) is 0 Å². The molecular formula is C21H35N4O2+. The van der Waals surface area contributed by atoms with E-state index >= 15 is 0 Å². The van der Waals surface area contributed by atoms with Gasteiger partial charge in [0.15, 0.2) is 0 Å². The molecule has 1 saturated carbocycles. The minimum Gasteiger partial charge on any atom is -0.377 e. The maximum Gasteiger partial charge on any atom is 0.226 e. The van der Waals surface area contributed by atoms with Crippen LogP contribution < -0.4 is 15.1 Å². The lowest BCUT2D eigenvalue weighted by atomic mass is 10.1. The third-order valence-corrected chi connectivity index (χ3v) is 4.83. The van der Waals surface area contributed by atoms with Crippen LogP contribution in [0.2, 0.25) is 0 Å². The number of carbonyl (C=O) groups excluding carboxylic acids is 2. The Morgan fingerprint density at radius 3 is 2.41 bits per heavy atom. The van der Waals surface area contributed by atoms with Gasteiger partial charge in [-0.25, -0.2) is 0 Å². The number of nitrogens with zero attached hydrogens (tertiary/aromatic N) is 2. The monoisotopic (exact) mass is 375 g/mol. The van der Waals surface area contributed by atoms with Crippen molar-refractivity contribution >= 4 is 23.2 Å². The molecule has 1 aliphatic rings. The molecule has 0 spiro atoms. The van der Waals surface area contributed by atoms with E-state index in [4.69, 9.17) is 0 Å². The summed E-state index contributed by atoms with van der Waals surface area (Å²) in [4.78, 5) is 30.2. The number of benzene rings is 1. The summed E-state index contributed by atoms with van der Waals surface area (Å²) < 4.78 is 0. The Labute approximate surface area is 163 Å². The lowest BCUT2D eigenvalue weighted by Gasteiger charge is -2.27. The highest BCUT2D eigenvalue weighted by molar-refractivity contribution is 5.92.